The quantitative estimate of drug-likeness (QED) is 0.866. The van der Waals surface area contributed by atoms with E-state index in [-0.39, 0.29) is 6.10 Å². The minimum atomic E-state index is 0.225. The molecule has 1 aliphatic heterocycles. The summed E-state index contributed by atoms with van der Waals surface area (Å²) in [6.45, 7) is 3.86. The van der Waals surface area contributed by atoms with E-state index in [2.05, 4.69) is 4.98 Å². The van der Waals surface area contributed by atoms with Gasteiger partial charge in [-0.15, -0.1) is 0 Å². The van der Waals surface area contributed by atoms with Crippen LogP contribution in [0.15, 0.2) is 12.3 Å². The van der Waals surface area contributed by atoms with Crippen LogP contribution in [0.5, 0.6) is 5.75 Å². The van der Waals surface area contributed by atoms with Crippen molar-refractivity contribution in [2.75, 3.05) is 13.2 Å². The second-order valence-electron chi connectivity index (χ2n) is 4.44. The molecule has 2 rings (SSSR count). The number of hydrogen-bond donors (Lipinski definition) is 1. The molecule has 0 radical (unpaired) electrons. The molecule has 0 aromatic carbocycles. The lowest BCUT2D eigenvalue weighted by Gasteiger charge is -2.23. The van der Waals surface area contributed by atoms with Gasteiger partial charge < -0.3 is 15.2 Å². The number of nitrogens with zero attached hydrogens (tertiary/aromatic N) is 1. The van der Waals surface area contributed by atoms with Crippen molar-refractivity contribution in [1.82, 2.24) is 4.98 Å². The molecule has 1 fully saturated rings. The standard InChI is InChI=1S/C13H20N2O2/c1-10-6-13(11(7-14)8-15-10)17-9-12-4-2-3-5-16-12/h6,8,12H,2-5,7,9,14H2,1H3. The van der Waals surface area contributed by atoms with Crippen LogP contribution < -0.4 is 10.5 Å². The Balaban J connectivity index is 1.95. The molecular formula is C13H20N2O2. The third-order valence-electron chi connectivity index (χ3n) is 3.00. The Morgan fingerprint density at radius 3 is 3.12 bits per heavy atom. The summed E-state index contributed by atoms with van der Waals surface area (Å²) >= 11 is 0. The minimum Gasteiger partial charge on any atom is -0.490 e. The maximum atomic E-state index is 5.80. The van der Waals surface area contributed by atoms with Crippen LogP contribution in [0, 0.1) is 6.92 Å². The highest BCUT2D eigenvalue weighted by atomic mass is 16.5. The average Bonchev–Trinajstić information content (AvgIpc) is 2.38. The molecular weight excluding hydrogens is 216 g/mol. The average molecular weight is 236 g/mol. The number of aromatic nitrogens is 1. The molecule has 0 spiro atoms. The summed E-state index contributed by atoms with van der Waals surface area (Å²) in [6.07, 6.45) is 5.49. The van der Waals surface area contributed by atoms with Crippen LogP contribution in [-0.2, 0) is 11.3 Å². The van der Waals surface area contributed by atoms with E-state index >= 15 is 0 Å². The predicted molar refractivity (Wildman–Crippen MR) is 66.0 cm³/mol. The van der Waals surface area contributed by atoms with Crippen molar-refractivity contribution in [1.29, 1.82) is 0 Å². The van der Waals surface area contributed by atoms with Gasteiger partial charge in [-0.05, 0) is 26.2 Å². The van der Waals surface area contributed by atoms with Gasteiger partial charge in [0.05, 0.1) is 6.10 Å². The fourth-order valence-corrected chi connectivity index (χ4v) is 1.97. The molecule has 2 N–H and O–H groups in total. The summed E-state index contributed by atoms with van der Waals surface area (Å²) in [7, 11) is 0. The normalized spacial score (nSPS) is 20.2. The Hall–Kier alpha value is -1.13. The summed E-state index contributed by atoms with van der Waals surface area (Å²) in [5, 5.41) is 0. The van der Waals surface area contributed by atoms with Crippen molar-refractivity contribution in [2.45, 2.75) is 38.8 Å². The summed E-state index contributed by atoms with van der Waals surface area (Å²) in [4.78, 5) is 4.21. The Bertz CT molecular complexity index is 362. The van der Waals surface area contributed by atoms with Crippen molar-refractivity contribution in [3.05, 3.63) is 23.5 Å². The Labute approximate surface area is 102 Å². The lowest BCUT2D eigenvalue weighted by atomic mass is 10.1. The van der Waals surface area contributed by atoms with Crippen molar-refractivity contribution in [2.24, 2.45) is 5.73 Å². The van der Waals surface area contributed by atoms with Crippen molar-refractivity contribution in [3.8, 4) is 5.75 Å². The van der Waals surface area contributed by atoms with Gasteiger partial charge in [-0.2, -0.15) is 0 Å². The van der Waals surface area contributed by atoms with Gasteiger partial charge in [0.15, 0.2) is 0 Å². The lowest BCUT2D eigenvalue weighted by Crippen LogP contribution is -2.26. The first kappa shape index (κ1) is 12.3. The van der Waals surface area contributed by atoms with Crippen LogP contribution in [0.25, 0.3) is 0 Å². The van der Waals surface area contributed by atoms with Crippen LogP contribution in [0.4, 0.5) is 0 Å². The maximum absolute atomic E-state index is 5.80. The van der Waals surface area contributed by atoms with Gasteiger partial charge in [0, 0.05) is 36.7 Å². The van der Waals surface area contributed by atoms with Crippen molar-refractivity contribution in [3.63, 3.8) is 0 Å². The molecule has 4 nitrogen and oxygen atoms in total. The van der Waals surface area contributed by atoms with Crippen LogP contribution >= 0.6 is 0 Å². The molecule has 0 saturated carbocycles. The zero-order valence-corrected chi connectivity index (χ0v) is 10.3. The third-order valence-corrected chi connectivity index (χ3v) is 3.00. The van der Waals surface area contributed by atoms with Gasteiger partial charge in [0.25, 0.3) is 0 Å². The van der Waals surface area contributed by atoms with Crippen LogP contribution in [-0.4, -0.2) is 24.3 Å². The molecule has 1 atom stereocenters. The molecule has 1 aromatic rings. The highest BCUT2D eigenvalue weighted by molar-refractivity contribution is 5.32. The van der Waals surface area contributed by atoms with Crippen LogP contribution in [0.2, 0.25) is 0 Å². The van der Waals surface area contributed by atoms with Gasteiger partial charge in [0.1, 0.15) is 12.4 Å². The second kappa shape index (κ2) is 5.98. The fourth-order valence-electron chi connectivity index (χ4n) is 1.97. The van der Waals surface area contributed by atoms with Gasteiger partial charge in [-0.1, -0.05) is 0 Å². The molecule has 94 valence electrons. The monoisotopic (exact) mass is 236 g/mol. The number of nitrogens with two attached hydrogens (primary N) is 1. The molecule has 1 unspecified atom stereocenters. The molecule has 1 aromatic heterocycles. The third kappa shape index (κ3) is 3.41. The zero-order valence-electron chi connectivity index (χ0n) is 10.3. The summed E-state index contributed by atoms with van der Waals surface area (Å²) in [6, 6.07) is 1.94. The van der Waals surface area contributed by atoms with E-state index in [0.717, 1.165) is 30.0 Å². The SMILES string of the molecule is Cc1cc(OCC2CCCCO2)c(CN)cn1. The molecule has 2 heterocycles. The van der Waals surface area contributed by atoms with Gasteiger partial charge in [0.2, 0.25) is 0 Å². The number of aryl methyl sites for hydroxylation is 1. The van der Waals surface area contributed by atoms with E-state index < -0.39 is 0 Å². The summed E-state index contributed by atoms with van der Waals surface area (Å²) in [5.74, 6) is 0.842. The Morgan fingerprint density at radius 1 is 1.53 bits per heavy atom. The molecule has 17 heavy (non-hydrogen) atoms. The molecule has 4 heteroatoms. The van der Waals surface area contributed by atoms with Gasteiger partial charge >= 0.3 is 0 Å². The molecule has 0 bridgehead atoms. The largest absolute Gasteiger partial charge is 0.490 e. The maximum Gasteiger partial charge on any atom is 0.127 e. The summed E-state index contributed by atoms with van der Waals surface area (Å²) < 4.78 is 11.4. The van der Waals surface area contributed by atoms with E-state index in [4.69, 9.17) is 15.2 Å². The molecule has 1 saturated heterocycles. The number of pyridine rings is 1. The van der Waals surface area contributed by atoms with E-state index in [1.54, 1.807) is 6.20 Å². The van der Waals surface area contributed by atoms with Gasteiger partial charge in [-0.25, -0.2) is 0 Å². The number of ether oxygens (including phenoxy) is 2. The van der Waals surface area contributed by atoms with Crippen LogP contribution in [0.1, 0.15) is 30.5 Å². The number of hydrogen-bond acceptors (Lipinski definition) is 4. The Morgan fingerprint density at radius 2 is 2.41 bits per heavy atom. The first-order chi connectivity index (χ1) is 8.29. The first-order valence-corrected chi connectivity index (χ1v) is 6.19. The minimum absolute atomic E-state index is 0.225. The molecule has 0 aliphatic carbocycles. The highest BCUT2D eigenvalue weighted by Crippen LogP contribution is 2.20. The predicted octanol–water partition coefficient (Wildman–Crippen LogP) is 1.80. The fraction of sp³-hybridized carbons (Fsp3) is 0.615. The number of rotatable bonds is 4. The smallest absolute Gasteiger partial charge is 0.127 e. The second-order valence-corrected chi connectivity index (χ2v) is 4.44. The lowest BCUT2D eigenvalue weighted by molar-refractivity contribution is -0.0112. The zero-order chi connectivity index (χ0) is 12.1. The van der Waals surface area contributed by atoms with E-state index in [1.807, 2.05) is 13.0 Å². The summed E-state index contributed by atoms with van der Waals surface area (Å²) in [5.41, 5.74) is 7.55. The van der Waals surface area contributed by atoms with Crippen LogP contribution in [0.3, 0.4) is 0 Å². The Kier molecular flexibility index (Phi) is 4.34. The van der Waals surface area contributed by atoms with Crippen molar-refractivity contribution < 1.29 is 9.47 Å². The molecule has 0 amide bonds. The topological polar surface area (TPSA) is 57.4 Å². The van der Waals surface area contributed by atoms with E-state index in [1.165, 1.54) is 12.8 Å². The van der Waals surface area contributed by atoms with E-state index in [0.29, 0.717) is 13.2 Å². The van der Waals surface area contributed by atoms with Crippen molar-refractivity contribution >= 4 is 0 Å². The first-order valence-electron chi connectivity index (χ1n) is 6.19. The van der Waals surface area contributed by atoms with Gasteiger partial charge in [-0.3, -0.25) is 4.98 Å². The highest BCUT2D eigenvalue weighted by Gasteiger charge is 2.15. The molecule has 1 aliphatic rings. The van der Waals surface area contributed by atoms with E-state index in [9.17, 15) is 0 Å².